The van der Waals surface area contributed by atoms with Crippen molar-refractivity contribution in [2.75, 3.05) is 17.7 Å². The Balaban J connectivity index is 2.06. The molecule has 0 radical (unpaired) electrons. The minimum absolute atomic E-state index is 0.118. The Kier molecular flexibility index (Phi) is 6.57. The van der Waals surface area contributed by atoms with Gasteiger partial charge in [0.1, 0.15) is 11.9 Å². The highest BCUT2D eigenvalue weighted by atomic mass is 35.5. The van der Waals surface area contributed by atoms with Crippen LogP contribution in [0.1, 0.15) is 6.92 Å². The van der Waals surface area contributed by atoms with Crippen molar-refractivity contribution in [2.45, 2.75) is 19.6 Å². The van der Waals surface area contributed by atoms with Gasteiger partial charge in [0.05, 0.1) is 12.1 Å². The van der Waals surface area contributed by atoms with Crippen molar-refractivity contribution in [1.82, 2.24) is 0 Å². The number of hydrogen-bond donors (Lipinski definition) is 2. The Morgan fingerprint density at radius 1 is 1.12 bits per heavy atom. The van der Waals surface area contributed by atoms with E-state index in [1.165, 1.54) is 31.4 Å². The smallest absolute Gasteiger partial charge is 0.387 e. The van der Waals surface area contributed by atoms with Crippen LogP contribution >= 0.6 is 11.6 Å². The average Bonchev–Trinajstić information content (AvgIpc) is 2.58. The Morgan fingerprint density at radius 2 is 1.81 bits per heavy atom. The van der Waals surface area contributed by atoms with Crippen LogP contribution in [0.5, 0.6) is 11.5 Å². The lowest BCUT2D eigenvalue weighted by Crippen LogP contribution is -2.31. The molecule has 1 atom stereocenters. The molecule has 2 aromatic carbocycles. The number of rotatable bonds is 7. The normalized spacial score (nSPS) is 11.8. The summed E-state index contributed by atoms with van der Waals surface area (Å²) in [4.78, 5) is 12.2. The fourth-order valence-electron chi connectivity index (χ4n) is 2.09. The molecule has 0 fully saturated rings. The molecule has 0 saturated heterocycles. The van der Waals surface area contributed by atoms with Crippen LogP contribution in [0.2, 0.25) is 5.02 Å². The Morgan fingerprint density at radius 3 is 2.42 bits per heavy atom. The summed E-state index contributed by atoms with van der Waals surface area (Å²) in [6.07, 6.45) is 0. The first-order chi connectivity index (χ1) is 12.3. The Bertz CT molecular complexity index is 790. The first-order valence-electron chi connectivity index (χ1n) is 7.45. The molecule has 2 N–H and O–H groups in total. The highest BCUT2D eigenvalue weighted by Gasteiger charge is 2.16. The molecular formula is C17H16ClF3N2O3. The fraction of sp³-hybridized carbons (Fsp3) is 0.235. The fourth-order valence-corrected chi connectivity index (χ4v) is 2.28. The largest absolute Gasteiger partial charge is 0.493 e. The number of carbonyl (C=O) groups is 1. The van der Waals surface area contributed by atoms with E-state index in [1.54, 1.807) is 13.0 Å². The van der Waals surface area contributed by atoms with Crippen LogP contribution in [0.15, 0.2) is 36.4 Å². The summed E-state index contributed by atoms with van der Waals surface area (Å²) in [5.74, 6) is -1.06. The molecule has 0 heterocycles. The highest BCUT2D eigenvalue weighted by molar-refractivity contribution is 6.31. The van der Waals surface area contributed by atoms with Crippen molar-refractivity contribution in [3.05, 3.63) is 47.2 Å². The molecule has 2 rings (SSSR count). The van der Waals surface area contributed by atoms with E-state index in [-0.39, 0.29) is 16.5 Å². The van der Waals surface area contributed by atoms with Gasteiger partial charge < -0.3 is 20.1 Å². The van der Waals surface area contributed by atoms with Crippen LogP contribution in [-0.2, 0) is 4.79 Å². The number of alkyl halides is 2. The van der Waals surface area contributed by atoms with Crippen LogP contribution in [-0.4, -0.2) is 25.7 Å². The van der Waals surface area contributed by atoms with E-state index in [9.17, 15) is 18.0 Å². The number of anilines is 2. The quantitative estimate of drug-likeness (QED) is 0.731. The van der Waals surface area contributed by atoms with Gasteiger partial charge in [-0.3, -0.25) is 4.79 Å². The van der Waals surface area contributed by atoms with E-state index in [4.69, 9.17) is 16.3 Å². The maximum absolute atomic E-state index is 13.1. The van der Waals surface area contributed by atoms with Gasteiger partial charge >= 0.3 is 6.61 Å². The van der Waals surface area contributed by atoms with E-state index in [0.29, 0.717) is 11.4 Å². The standard InChI is InChI=1S/C17H16ClF3N2O3/c1-9(16(24)23-10-3-5-13(19)12(18)7-10)22-11-4-6-14(25-2)15(8-11)26-17(20)21/h3-9,17,22H,1-2H3,(H,23,24). The summed E-state index contributed by atoms with van der Waals surface area (Å²) in [7, 11) is 1.32. The molecule has 140 valence electrons. The van der Waals surface area contributed by atoms with Crippen molar-refractivity contribution >= 4 is 28.9 Å². The predicted octanol–water partition coefficient (Wildman–Crippen LogP) is 4.53. The number of amides is 1. The highest BCUT2D eigenvalue weighted by Crippen LogP contribution is 2.31. The molecule has 0 spiro atoms. The van der Waals surface area contributed by atoms with Crippen LogP contribution in [0.4, 0.5) is 24.5 Å². The predicted molar refractivity (Wildman–Crippen MR) is 92.8 cm³/mol. The van der Waals surface area contributed by atoms with E-state index < -0.39 is 24.4 Å². The molecule has 2 aromatic rings. The second-order valence-electron chi connectivity index (χ2n) is 5.23. The molecule has 0 aliphatic heterocycles. The monoisotopic (exact) mass is 388 g/mol. The van der Waals surface area contributed by atoms with Crippen molar-refractivity contribution in [1.29, 1.82) is 0 Å². The first kappa shape index (κ1) is 19.7. The lowest BCUT2D eigenvalue weighted by Gasteiger charge is -2.17. The van der Waals surface area contributed by atoms with Crippen LogP contribution in [0, 0.1) is 5.82 Å². The lowest BCUT2D eigenvalue weighted by atomic mass is 10.2. The number of nitrogens with one attached hydrogen (secondary N) is 2. The number of halogens is 4. The maximum atomic E-state index is 13.1. The van der Waals surface area contributed by atoms with Gasteiger partial charge in [-0.2, -0.15) is 8.78 Å². The van der Waals surface area contributed by atoms with E-state index in [1.807, 2.05) is 0 Å². The zero-order valence-corrected chi connectivity index (χ0v) is 14.6. The maximum Gasteiger partial charge on any atom is 0.387 e. The van der Waals surface area contributed by atoms with Gasteiger partial charge in [0.15, 0.2) is 11.5 Å². The zero-order valence-electron chi connectivity index (χ0n) is 13.9. The summed E-state index contributed by atoms with van der Waals surface area (Å²) in [5.41, 5.74) is 0.702. The molecule has 1 amide bonds. The van der Waals surface area contributed by atoms with Crippen LogP contribution < -0.4 is 20.1 Å². The van der Waals surface area contributed by atoms with Gasteiger partial charge in [-0.05, 0) is 37.3 Å². The minimum Gasteiger partial charge on any atom is -0.493 e. The van der Waals surface area contributed by atoms with Gasteiger partial charge in [0.2, 0.25) is 5.91 Å². The van der Waals surface area contributed by atoms with E-state index in [0.717, 1.165) is 6.07 Å². The number of benzene rings is 2. The molecule has 0 aliphatic carbocycles. The third kappa shape index (κ3) is 5.19. The topological polar surface area (TPSA) is 59.6 Å². The second kappa shape index (κ2) is 8.66. The third-order valence-electron chi connectivity index (χ3n) is 3.34. The van der Waals surface area contributed by atoms with Crippen molar-refractivity contribution in [2.24, 2.45) is 0 Å². The molecule has 0 bridgehead atoms. The molecule has 26 heavy (non-hydrogen) atoms. The second-order valence-corrected chi connectivity index (χ2v) is 5.64. The average molecular weight is 389 g/mol. The summed E-state index contributed by atoms with van der Waals surface area (Å²) >= 11 is 5.67. The summed E-state index contributed by atoms with van der Waals surface area (Å²) in [5, 5.41) is 5.31. The molecule has 0 aliphatic rings. The SMILES string of the molecule is COc1ccc(NC(C)C(=O)Nc2ccc(F)c(Cl)c2)cc1OC(F)F. The van der Waals surface area contributed by atoms with Gasteiger partial charge in [0, 0.05) is 17.4 Å². The molecule has 5 nitrogen and oxygen atoms in total. The van der Waals surface area contributed by atoms with Gasteiger partial charge in [-0.15, -0.1) is 0 Å². The zero-order chi connectivity index (χ0) is 19.3. The molecule has 9 heteroatoms. The minimum atomic E-state index is -3.01. The summed E-state index contributed by atoms with van der Waals surface area (Å²) in [6, 6.07) is 7.33. The van der Waals surface area contributed by atoms with Crippen LogP contribution in [0.25, 0.3) is 0 Å². The number of carbonyl (C=O) groups excluding carboxylic acids is 1. The summed E-state index contributed by atoms with van der Waals surface area (Å²) < 4.78 is 47.4. The lowest BCUT2D eigenvalue weighted by molar-refractivity contribution is -0.116. The molecule has 0 aromatic heterocycles. The van der Waals surface area contributed by atoms with E-state index >= 15 is 0 Å². The first-order valence-corrected chi connectivity index (χ1v) is 7.83. The Hall–Kier alpha value is -2.61. The number of hydrogen-bond acceptors (Lipinski definition) is 4. The van der Waals surface area contributed by atoms with Crippen molar-refractivity contribution in [3.8, 4) is 11.5 Å². The molecular weight excluding hydrogens is 373 g/mol. The number of ether oxygens (including phenoxy) is 2. The van der Waals surface area contributed by atoms with Crippen LogP contribution in [0.3, 0.4) is 0 Å². The van der Waals surface area contributed by atoms with Crippen molar-refractivity contribution in [3.63, 3.8) is 0 Å². The van der Waals surface area contributed by atoms with E-state index in [2.05, 4.69) is 15.4 Å². The molecule has 0 saturated carbocycles. The van der Waals surface area contributed by atoms with Crippen molar-refractivity contribution < 1.29 is 27.4 Å². The number of methoxy groups -OCH3 is 1. The van der Waals surface area contributed by atoms with Gasteiger partial charge in [0.25, 0.3) is 0 Å². The van der Waals surface area contributed by atoms with Gasteiger partial charge in [-0.1, -0.05) is 11.6 Å². The molecule has 1 unspecified atom stereocenters. The third-order valence-corrected chi connectivity index (χ3v) is 3.63. The Labute approximate surface area is 153 Å². The summed E-state index contributed by atoms with van der Waals surface area (Å²) in [6.45, 7) is -1.44. The van der Waals surface area contributed by atoms with Gasteiger partial charge in [-0.25, -0.2) is 4.39 Å².